The van der Waals surface area contributed by atoms with Crippen molar-refractivity contribution < 1.29 is 19.2 Å². The van der Waals surface area contributed by atoms with E-state index in [1.165, 1.54) is 5.06 Å². The first-order chi connectivity index (χ1) is 8.72. The first-order valence-corrected chi connectivity index (χ1v) is 6.83. The van der Waals surface area contributed by atoms with Gasteiger partial charge in [-0.3, -0.25) is 14.4 Å². The fourth-order valence-corrected chi connectivity index (χ4v) is 2.74. The molecule has 0 N–H and O–H groups in total. The third-order valence-electron chi connectivity index (χ3n) is 3.78. The molecule has 0 aromatic heterocycles. The van der Waals surface area contributed by atoms with Gasteiger partial charge < -0.3 is 4.74 Å². The van der Waals surface area contributed by atoms with Crippen LogP contribution in [-0.2, 0) is 19.2 Å². The lowest BCUT2D eigenvalue weighted by Crippen LogP contribution is -2.49. The van der Waals surface area contributed by atoms with Gasteiger partial charge in [0, 0.05) is 6.42 Å². The summed E-state index contributed by atoms with van der Waals surface area (Å²) in [6.07, 6.45) is 4.04. The summed E-state index contributed by atoms with van der Waals surface area (Å²) in [7, 11) is 0. The monoisotopic (exact) mass is 255 g/mol. The SMILES string of the molecule is CCC1CCON2C(=O)CCC(=O)OCCCC12. The second-order valence-corrected chi connectivity index (χ2v) is 4.94. The maximum atomic E-state index is 12.1. The molecule has 2 aliphatic rings. The van der Waals surface area contributed by atoms with Crippen molar-refractivity contribution in [2.45, 2.75) is 51.5 Å². The van der Waals surface area contributed by atoms with Gasteiger partial charge in [0.25, 0.3) is 0 Å². The first kappa shape index (κ1) is 13.3. The first-order valence-electron chi connectivity index (χ1n) is 6.83. The largest absolute Gasteiger partial charge is 0.466 e. The molecule has 0 aromatic rings. The van der Waals surface area contributed by atoms with Crippen LogP contribution in [0, 0.1) is 5.92 Å². The minimum atomic E-state index is -0.286. The predicted molar refractivity (Wildman–Crippen MR) is 64.4 cm³/mol. The number of carbonyl (C=O) groups excluding carboxylic acids is 2. The van der Waals surface area contributed by atoms with Crippen molar-refractivity contribution in [2.24, 2.45) is 5.92 Å². The summed E-state index contributed by atoms with van der Waals surface area (Å²) in [5.74, 6) is 0.126. The molecule has 5 heteroatoms. The van der Waals surface area contributed by atoms with Gasteiger partial charge >= 0.3 is 5.97 Å². The lowest BCUT2D eigenvalue weighted by atomic mass is 9.89. The maximum absolute atomic E-state index is 12.1. The van der Waals surface area contributed by atoms with Crippen molar-refractivity contribution in [3.8, 4) is 0 Å². The van der Waals surface area contributed by atoms with Crippen LogP contribution in [-0.4, -0.2) is 36.2 Å². The van der Waals surface area contributed by atoms with Gasteiger partial charge in [0.1, 0.15) is 0 Å². The van der Waals surface area contributed by atoms with Crippen molar-refractivity contribution in [1.82, 2.24) is 5.06 Å². The summed E-state index contributed by atoms with van der Waals surface area (Å²) in [6.45, 7) is 3.20. The van der Waals surface area contributed by atoms with Crippen LogP contribution >= 0.6 is 0 Å². The van der Waals surface area contributed by atoms with Crippen LogP contribution < -0.4 is 0 Å². The molecule has 0 spiro atoms. The van der Waals surface area contributed by atoms with Gasteiger partial charge in [0.15, 0.2) is 0 Å². The number of esters is 1. The van der Waals surface area contributed by atoms with Crippen LogP contribution in [0.1, 0.15) is 45.4 Å². The summed E-state index contributed by atoms with van der Waals surface area (Å²) in [6, 6.07) is 0.146. The zero-order valence-electron chi connectivity index (χ0n) is 10.9. The number of hydroxylamine groups is 2. The summed E-state index contributed by atoms with van der Waals surface area (Å²) in [4.78, 5) is 28.9. The maximum Gasteiger partial charge on any atom is 0.306 e. The Morgan fingerprint density at radius 2 is 2.06 bits per heavy atom. The zero-order chi connectivity index (χ0) is 13.0. The molecule has 0 radical (unpaired) electrons. The number of amides is 1. The fourth-order valence-electron chi connectivity index (χ4n) is 2.74. The molecule has 2 aliphatic heterocycles. The molecular formula is C13H21NO4. The number of fused-ring (bicyclic) bond motifs is 1. The van der Waals surface area contributed by atoms with E-state index >= 15 is 0 Å². The molecule has 2 unspecified atom stereocenters. The van der Waals surface area contributed by atoms with E-state index < -0.39 is 0 Å². The summed E-state index contributed by atoms with van der Waals surface area (Å²) in [5, 5.41) is 1.54. The second-order valence-electron chi connectivity index (χ2n) is 4.94. The van der Waals surface area contributed by atoms with E-state index in [4.69, 9.17) is 9.57 Å². The van der Waals surface area contributed by atoms with Crippen molar-refractivity contribution in [3.63, 3.8) is 0 Å². The van der Waals surface area contributed by atoms with E-state index in [1.807, 2.05) is 0 Å². The molecule has 0 aromatic carbocycles. The summed E-state index contributed by atoms with van der Waals surface area (Å²) >= 11 is 0. The van der Waals surface area contributed by atoms with Crippen molar-refractivity contribution in [3.05, 3.63) is 0 Å². The minimum Gasteiger partial charge on any atom is -0.466 e. The number of ether oxygens (including phenoxy) is 1. The number of rotatable bonds is 1. The van der Waals surface area contributed by atoms with E-state index in [1.54, 1.807) is 0 Å². The fraction of sp³-hybridized carbons (Fsp3) is 0.846. The second kappa shape index (κ2) is 6.18. The van der Waals surface area contributed by atoms with E-state index in [0.29, 0.717) is 19.1 Å². The lowest BCUT2D eigenvalue weighted by molar-refractivity contribution is -0.228. The summed E-state index contributed by atoms with van der Waals surface area (Å²) in [5.41, 5.74) is 0. The highest BCUT2D eigenvalue weighted by Gasteiger charge is 2.34. The molecule has 2 atom stereocenters. The molecule has 18 heavy (non-hydrogen) atoms. The third kappa shape index (κ3) is 3.02. The van der Waals surface area contributed by atoms with E-state index in [0.717, 1.165) is 25.7 Å². The number of hydrogen-bond donors (Lipinski definition) is 0. The smallest absolute Gasteiger partial charge is 0.306 e. The number of cyclic esters (lactones) is 1. The Bertz CT molecular complexity index is 318. The third-order valence-corrected chi connectivity index (χ3v) is 3.78. The number of carbonyl (C=O) groups is 2. The number of nitrogens with zero attached hydrogens (tertiary/aromatic N) is 1. The molecule has 0 aliphatic carbocycles. The van der Waals surface area contributed by atoms with Crippen LogP contribution in [0.5, 0.6) is 0 Å². The van der Waals surface area contributed by atoms with Gasteiger partial charge in [-0.05, 0) is 25.2 Å². The zero-order valence-corrected chi connectivity index (χ0v) is 10.9. The molecule has 2 saturated heterocycles. The Balaban J connectivity index is 2.08. The number of hydrogen-bond acceptors (Lipinski definition) is 4. The highest BCUT2D eigenvalue weighted by Crippen LogP contribution is 2.29. The molecular weight excluding hydrogens is 234 g/mol. The quantitative estimate of drug-likeness (QED) is 0.669. The lowest BCUT2D eigenvalue weighted by Gasteiger charge is -2.40. The van der Waals surface area contributed by atoms with E-state index in [9.17, 15) is 9.59 Å². The Morgan fingerprint density at radius 1 is 1.22 bits per heavy atom. The summed E-state index contributed by atoms with van der Waals surface area (Å²) < 4.78 is 5.06. The van der Waals surface area contributed by atoms with Crippen LogP contribution in [0.2, 0.25) is 0 Å². The van der Waals surface area contributed by atoms with Crippen LogP contribution in [0.25, 0.3) is 0 Å². The van der Waals surface area contributed by atoms with E-state index in [2.05, 4.69) is 6.92 Å². The normalized spacial score (nSPS) is 30.6. The Kier molecular flexibility index (Phi) is 4.58. The Labute approximate surface area is 107 Å². The predicted octanol–water partition coefficient (Wildman–Crippen LogP) is 1.66. The van der Waals surface area contributed by atoms with Crippen molar-refractivity contribution in [2.75, 3.05) is 13.2 Å². The van der Waals surface area contributed by atoms with Crippen LogP contribution in [0.4, 0.5) is 0 Å². The van der Waals surface area contributed by atoms with Gasteiger partial charge in [-0.1, -0.05) is 13.3 Å². The molecule has 0 saturated carbocycles. The Morgan fingerprint density at radius 3 is 2.83 bits per heavy atom. The van der Waals surface area contributed by atoms with Gasteiger partial charge in [0.2, 0.25) is 5.91 Å². The van der Waals surface area contributed by atoms with Gasteiger partial charge in [-0.2, -0.15) is 0 Å². The molecule has 2 heterocycles. The van der Waals surface area contributed by atoms with E-state index in [-0.39, 0.29) is 30.8 Å². The molecule has 102 valence electrons. The molecule has 0 bridgehead atoms. The average molecular weight is 255 g/mol. The van der Waals surface area contributed by atoms with Gasteiger partial charge in [-0.15, -0.1) is 0 Å². The standard InChI is InChI=1S/C13H21NO4/c1-2-10-7-9-18-14-11(10)4-3-8-17-13(16)6-5-12(14)15/h10-11H,2-9H2,1H3. The van der Waals surface area contributed by atoms with Crippen molar-refractivity contribution >= 4 is 11.9 Å². The average Bonchev–Trinajstić information content (AvgIpc) is 2.40. The highest BCUT2D eigenvalue weighted by molar-refractivity contribution is 5.81. The topological polar surface area (TPSA) is 55.8 Å². The molecule has 5 nitrogen and oxygen atoms in total. The molecule has 2 fully saturated rings. The Hall–Kier alpha value is -1.10. The van der Waals surface area contributed by atoms with Crippen molar-refractivity contribution in [1.29, 1.82) is 0 Å². The van der Waals surface area contributed by atoms with Gasteiger partial charge in [0.05, 0.1) is 25.7 Å². The van der Waals surface area contributed by atoms with Crippen LogP contribution in [0.15, 0.2) is 0 Å². The molecule has 2 rings (SSSR count). The van der Waals surface area contributed by atoms with Gasteiger partial charge in [-0.25, -0.2) is 5.06 Å². The van der Waals surface area contributed by atoms with Crippen LogP contribution in [0.3, 0.4) is 0 Å². The highest BCUT2D eigenvalue weighted by atomic mass is 16.7. The molecule has 1 amide bonds. The minimum absolute atomic E-state index is 0.0861.